The van der Waals surface area contributed by atoms with Gasteiger partial charge in [0.15, 0.2) is 0 Å². The summed E-state index contributed by atoms with van der Waals surface area (Å²) < 4.78 is 6.48. The molecule has 9 heteroatoms. The monoisotopic (exact) mass is 554 g/mol. The van der Waals surface area contributed by atoms with E-state index < -0.39 is 29.6 Å². The molecule has 1 spiro atoms. The zero-order valence-electron chi connectivity index (χ0n) is 22.6. The Bertz CT molecular complexity index is 1140. The van der Waals surface area contributed by atoms with Gasteiger partial charge in [0.2, 0.25) is 17.7 Å². The number of ether oxygens (including phenoxy) is 1. The molecule has 1 aromatic carbocycles. The molecule has 1 aliphatic carbocycles. The van der Waals surface area contributed by atoms with Crippen molar-refractivity contribution in [1.82, 2.24) is 15.1 Å². The van der Waals surface area contributed by atoms with Gasteiger partial charge in [0, 0.05) is 35.9 Å². The van der Waals surface area contributed by atoms with Gasteiger partial charge in [-0.2, -0.15) is 0 Å². The molecule has 0 radical (unpaired) electrons. The van der Waals surface area contributed by atoms with Crippen LogP contribution in [0.1, 0.15) is 58.3 Å². The fraction of sp³-hybridized carbons (Fsp3) is 0.633. The van der Waals surface area contributed by atoms with Crippen LogP contribution < -0.4 is 10.6 Å². The Morgan fingerprint density at radius 2 is 1.77 bits per heavy atom. The molecule has 6 rings (SSSR count). The van der Waals surface area contributed by atoms with Crippen molar-refractivity contribution < 1.29 is 19.1 Å². The van der Waals surface area contributed by atoms with E-state index in [4.69, 9.17) is 16.3 Å². The van der Waals surface area contributed by atoms with E-state index in [1.54, 1.807) is 29.2 Å². The number of carbonyl (C=O) groups excluding carboxylic acids is 3. The van der Waals surface area contributed by atoms with Crippen LogP contribution in [0.3, 0.4) is 0 Å². The summed E-state index contributed by atoms with van der Waals surface area (Å²) in [6.07, 6.45) is 12.0. The summed E-state index contributed by atoms with van der Waals surface area (Å²) in [5.41, 5.74) is -0.520. The standard InChI is InChI=1S/C30H39ClN4O4/c1-19-7-5-6-16-34(19)17-18-35-26(28(37)33-21-8-3-2-4-9-21)30-15-14-23(39-30)24(25(30)29(35)38)27(36)32-22-12-10-20(31)11-13-22/h10-15,19,21,23-26H,2-9,16-18H2,1H3,(H,32,36)(H,33,37)/t19-,23+,24+,25+,26-,30+/m1/s1. The highest BCUT2D eigenvalue weighted by Gasteiger charge is 2.72. The second-order valence-electron chi connectivity index (χ2n) is 12.0. The number of anilines is 1. The molecule has 4 heterocycles. The maximum absolute atomic E-state index is 14.2. The predicted octanol–water partition coefficient (Wildman–Crippen LogP) is 3.75. The summed E-state index contributed by atoms with van der Waals surface area (Å²) in [6.45, 7) is 4.38. The van der Waals surface area contributed by atoms with Crippen LogP contribution >= 0.6 is 11.6 Å². The first-order valence-electron chi connectivity index (χ1n) is 14.7. The maximum Gasteiger partial charge on any atom is 0.246 e. The molecule has 0 aromatic heterocycles. The molecule has 0 unspecified atom stereocenters. The Balaban J connectivity index is 1.27. The van der Waals surface area contributed by atoms with Gasteiger partial charge in [-0.25, -0.2) is 0 Å². The summed E-state index contributed by atoms with van der Waals surface area (Å²) in [5, 5.41) is 6.79. The number of piperidine rings is 1. The minimum atomic E-state index is -1.13. The smallest absolute Gasteiger partial charge is 0.246 e. The highest BCUT2D eigenvalue weighted by atomic mass is 35.5. The van der Waals surface area contributed by atoms with Gasteiger partial charge in [-0.15, -0.1) is 0 Å². The molecule has 4 aliphatic heterocycles. The summed E-state index contributed by atoms with van der Waals surface area (Å²) in [7, 11) is 0. The van der Waals surface area contributed by atoms with Crippen LogP contribution in [0.25, 0.3) is 0 Å². The molecule has 2 N–H and O–H groups in total. The van der Waals surface area contributed by atoms with Gasteiger partial charge in [-0.3, -0.25) is 19.3 Å². The maximum atomic E-state index is 14.2. The second kappa shape index (κ2) is 10.9. The normalized spacial score (nSPS) is 34.4. The first kappa shape index (κ1) is 26.8. The second-order valence-corrected chi connectivity index (χ2v) is 12.4. The zero-order chi connectivity index (χ0) is 27.1. The Labute approximate surface area is 235 Å². The first-order valence-corrected chi connectivity index (χ1v) is 15.0. The molecule has 210 valence electrons. The van der Waals surface area contributed by atoms with Gasteiger partial charge >= 0.3 is 0 Å². The van der Waals surface area contributed by atoms with Gasteiger partial charge in [-0.1, -0.05) is 49.4 Å². The third-order valence-corrected chi connectivity index (χ3v) is 9.81. The Hall–Kier alpha value is -2.42. The van der Waals surface area contributed by atoms with Crippen molar-refractivity contribution in [2.75, 3.05) is 25.0 Å². The van der Waals surface area contributed by atoms with Crippen molar-refractivity contribution in [2.45, 2.75) is 88.1 Å². The molecule has 6 atom stereocenters. The van der Waals surface area contributed by atoms with Gasteiger partial charge in [0.1, 0.15) is 11.6 Å². The number of fused-ring (bicyclic) bond motifs is 1. The molecule has 8 nitrogen and oxygen atoms in total. The zero-order valence-corrected chi connectivity index (χ0v) is 23.4. The van der Waals surface area contributed by atoms with Gasteiger partial charge in [0.05, 0.1) is 17.9 Å². The number of carbonyl (C=O) groups is 3. The van der Waals surface area contributed by atoms with Crippen LogP contribution in [-0.2, 0) is 19.1 Å². The number of benzene rings is 1. The molecule has 3 saturated heterocycles. The summed E-state index contributed by atoms with van der Waals surface area (Å²) in [6, 6.07) is 6.69. The number of hydrogen-bond donors (Lipinski definition) is 2. The average Bonchev–Trinajstić information content (AvgIpc) is 3.57. The van der Waals surface area contributed by atoms with Crippen LogP contribution in [0.5, 0.6) is 0 Å². The van der Waals surface area contributed by atoms with Crippen LogP contribution in [0.2, 0.25) is 5.02 Å². The van der Waals surface area contributed by atoms with Crippen LogP contribution in [-0.4, -0.2) is 77.0 Å². The summed E-state index contributed by atoms with van der Waals surface area (Å²) >= 11 is 6.01. The lowest BCUT2D eigenvalue weighted by Gasteiger charge is -2.37. The van der Waals surface area contributed by atoms with E-state index in [2.05, 4.69) is 22.5 Å². The predicted molar refractivity (Wildman–Crippen MR) is 149 cm³/mol. The van der Waals surface area contributed by atoms with E-state index >= 15 is 0 Å². The number of hydrogen-bond acceptors (Lipinski definition) is 5. The number of halogens is 1. The van der Waals surface area contributed by atoms with Crippen molar-refractivity contribution in [3.8, 4) is 0 Å². The number of rotatable bonds is 7. The Morgan fingerprint density at radius 3 is 2.51 bits per heavy atom. The Kier molecular flexibility index (Phi) is 7.46. The molecular weight excluding hydrogens is 516 g/mol. The van der Waals surface area contributed by atoms with Crippen LogP contribution in [0, 0.1) is 11.8 Å². The molecule has 5 aliphatic rings. The molecule has 3 amide bonds. The van der Waals surface area contributed by atoms with Crippen molar-refractivity contribution >= 4 is 35.0 Å². The van der Waals surface area contributed by atoms with E-state index in [9.17, 15) is 14.4 Å². The fourth-order valence-corrected chi connectivity index (χ4v) is 7.65. The molecule has 39 heavy (non-hydrogen) atoms. The first-order chi connectivity index (χ1) is 18.9. The largest absolute Gasteiger partial charge is 0.359 e. The third-order valence-electron chi connectivity index (χ3n) is 9.56. The van der Waals surface area contributed by atoms with E-state index in [0.29, 0.717) is 29.8 Å². The van der Waals surface area contributed by atoms with Crippen LogP contribution in [0.4, 0.5) is 5.69 Å². The van der Waals surface area contributed by atoms with E-state index in [1.165, 1.54) is 12.8 Å². The quantitative estimate of drug-likeness (QED) is 0.501. The number of nitrogens with one attached hydrogen (secondary N) is 2. The topological polar surface area (TPSA) is 91.0 Å². The van der Waals surface area contributed by atoms with Crippen molar-refractivity contribution in [1.29, 1.82) is 0 Å². The molecule has 2 bridgehead atoms. The number of nitrogens with zero attached hydrogens (tertiary/aromatic N) is 2. The van der Waals surface area contributed by atoms with Crippen molar-refractivity contribution in [3.05, 3.63) is 41.4 Å². The van der Waals surface area contributed by atoms with Crippen molar-refractivity contribution in [2.24, 2.45) is 11.8 Å². The minimum absolute atomic E-state index is 0.118. The molecule has 1 saturated carbocycles. The van der Waals surface area contributed by atoms with E-state index in [0.717, 1.165) is 45.1 Å². The lowest BCUT2D eigenvalue weighted by molar-refractivity contribution is -0.141. The fourth-order valence-electron chi connectivity index (χ4n) is 7.52. The molecule has 4 fully saturated rings. The number of amides is 3. The Morgan fingerprint density at radius 1 is 1.03 bits per heavy atom. The minimum Gasteiger partial charge on any atom is -0.359 e. The van der Waals surface area contributed by atoms with E-state index in [-0.39, 0.29) is 23.8 Å². The lowest BCUT2D eigenvalue weighted by Crippen LogP contribution is -2.57. The average molecular weight is 555 g/mol. The van der Waals surface area contributed by atoms with Gasteiger partial charge < -0.3 is 20.3 Å². The molecule has 1 aromatic rings. The SMILES string of the molecule is C[C@@H]1CCCCN1CCN1C(=O)[C@@H]2[C@@H](C(=O)Nc3ccc(Cl)cc3)[C@@H]3C=C[C@@]2(O3)[C@H]1C(=O)NC1CCCCC1. The van der Waals surface area contributed by atoms with E-state index in [1.807, 2.05) is 12.2 Å². The summed E-state index contributed by atoms with van der Waals surface area (Å²) in [4.78, 5) is 45.8. The van der Waals surface area contributed by atoms with Crippen LogP contribution in [0.15, 0.2) is 36.4 Å². The van der Waals surface area contributed by atoms with Crippen molar-refractivity contribution in [3.63, 3.8) is 0 Å². The van der Waals surface area contributed by atoms with Gasteiger partial charge in [0.25, 0.3) is 0 Å². The number of likely N-dealkylation sites (tertiary alicyclic amines) is 2. The highest BCUT2D eigenvalue weighted by molar-refractivity contribution is 6.30. The third kappa shape index (κ3) is 4.89. The molecular formula is C30H39ClN4O4. The van der Waals surface area contributed by atoms with Gasteiger partial charge in [-0.05, 0) is 63.4 Å². The highest BCUT2D eigenvalue weighted by Crippen LogP contribution is 2.55. The lowest BCUT2D eigenvalue weighted by atomic mass is 9.74. The summed E-state index contributed by atoms with van der Waals surface area (Å²) in [5.74, 6) is -2.03.